The highest BCUT2D eigenvalue weighted by Gasteiger charge is 2.33. The van der Waals surface area contributed by atoms with Crippen LogP contribution in [0.4, 0.5) is 8.78 Å². The van der Waals surface area contributed by atoms with Crippen LogP contribution >= 0.6 is 0 Å². The van der Waals surface area contributed by atoms with Crippen LogP contribution in [0.15, 0.2) is 55.4 Å². The van der Waals surface area contributed by atoms with Gasteiger partial charge in [-0.15, -0.1) is 0 Å². The number of pyridine rings is 1. The van der Waals surface area contributed by atoms with E-state index in [1.165, 1.54) is 19.3 Å². The number of benzene rings is 2. The average molecular weight is 625 g/mol. The molecule has 46 heavy (non-hydrogen) atoms. The molecular weight excluding hydrogens is 590 g/mol. The van der Waals surface area contributed by atoms with E-state index in [1.54, 1.807) is 11.2 Å². The van der Waals surface area contributed by atoms with Gasteiger partial charge in [-0.2, -0.15) is 5.10 Å². The van der Waals surface area contributed by atoms with Gasteiger partial charge in [0.2, 0.25) is 5.91 Å². The van der Waals surface area contributed by atoms with Crippen LogP contribution in [0.5, 0.6) is 5.75 Å². The average Bonchev–Trinajstić information content (AvgIpc) is 3.79. The van der Waals surface area contributed by atoms with Gasteiger partial charge in [0.05, 0.1) is 59.2 Å². The van der Waals surface area contributed by atoms with Gasteiger partial charge in [-0.3, -0.25) is 9.48 Å². The second-order valence-corrected chi connectivity index (χ2v) is 11.7. The van der Waals surface area contributed by atoms with E-state index in [0.29, 0.717) is 36.5 Å². The predicted molar refractivity (Wildman–Crippen MR) is 170 cm³/mol. The van der Waals surface area contributed by atoms with E-state index >= 15 is 4.39 Å². The lowest BCUT2D eigenvalue weighted by Gasteiger charge is -2.33. The molecule has 5 aromatic rings. The topological polar surface area (TPSA) is 87.3 Å². The first-order valence-electron chi connectivity index (χ1n) is 15.4. The minimum atomic E-state index is -0.743. The summed E-state index contributed by atoms with van der Waals surface area (Å²) in [5, 5.41) is 4.96. The van der Waals surface area contributed by atoms with Crippen LogP contribution in [0.1, 0.15) is 36.2 Å². The number of hydrogen-bond acceptors (Lipinski definition) is 6. The number of fused-ring (bicyclic) bond motifs is 3. The summed E-state index contributed by atoms with van der Waals surface area (Å²) in [5.74, 6) is -1.56. The molecule has 1 aliphatic heterocycles. The van der Waals surface area contributed by atoms with Gasteiger partial charge < -0.3 is 18.9 Å². The molecule has 236 valence electrons. The molecule has 0 bridgehead atoms. The first-order valence-corrected chi connectivity index (χ1v) is 15.4. The van der Waals surface area contributed by atoms with Gasteiger partial charge in [-0.05, 0) is 61.6 Å². The van der Waals surface area contributed by atoms with Crippen molar-refractivity contribution in [2.75, 3.05) is 26.9 Å². The summed E-state index contributed by atoms with van der Waals surface area (Å²) in [6.07, 6.45) is 5.38. The van der Waals surface area contributed by atoms with Crippen molar-refractivity contribution in [3.63, 3.8) is 0 Å². The van der Waals surface area contributed by atoms with E-state index in [9.17, 15) is 9.18 Å². The maximum atomic E-state index is 16.1. The molecule has 9 nitrogen and oxygen atoms in total. The van der Waals surface area contributed by atoms with E-state index in [2.05, 4.69) is 11.6 Å². The fourth-order valence-corrected chi connectivity index (χ4v) is 6.81. The molecule has 0 saturated carbocycles. The van der Waals surface area contributed by atoms with Crippen LogP contribution in [0.2, 0.25) is 0 Å². The quantitative estimate of drug-likeness (QED) is 0.154. The Morgan fingerprint density at radius 2 is 1.89 bits per heavy atom. The number of imidazole rings is 1. The third-order valence-electron chi connectivity index (χ3n) is 9.04. The molecule has 0 N–H and O–H groups in total. The van der Waals surface area contributed by atoms with E-state index in [0.717, 1.165) is 58.0 Å². The number of aromatic nitrogens is 5. The van der Waals surface area contributed by atoms with E-state index in [1.807, 2.05) is 47.5 Å². The van der Waals surface area contributed by atoms with Crippen molar-refractivity contribution in [1.29, 1.82) is 0 Å². The lowest BCUT2D eigenvalue weighted by Crippen LogP contribution is -2.40. The monoisotopic (exact) mass is 624 g/mol. The summed E-state index contributed by atoms with van der Waals surface area (Å²) in [7, 11) is 3.49. The van der Waals surface area contributed by atoms with E-state index in [4.69, 9.17) is 19.6 Å². The van der Waals surface area contributed by atoms with Gasteiger partial charge in [0.1, 0.15) is 29.7 Å². The molecule has 0 saturated heterocycles. The number of carbonyl (C=O) groups is 1. The highest BCUT2D eigenvalue weighted by atomic mass is 19.1. The van der Waals surface area contributed by atoms with Crippen molar-refractivity contribution < 1.29 is 23.0 Å². The van der Waals surface area contributed by atoms with Crippen molar-refractivity contribution >= 4 is 16.9 Å². The maximum Gasteiger partial charge on any atom is 0.246 e. The molecule has 0 fully saturated rings. The molecule has 7 rings (SSSR count). The summed E-state index contributed by atoms with van der Waals surface area (Å²) >= 11 is 0. The molecular formula is C35H34F2N6O3. The Morgan fingerprint density at radius 3 is 2.70 bits per heavy atom. The van der Waals surface area contributed by atoms with Gasteiger partial charge in [0, 0.05) is 44.0 Å². The smallest absolute Gasteiger partial charge is 0.246 e. The number of nitrogens with zero attached hydrogens (tertiary/aromatic N) is 6. The molecule has 1 unspecified atom stereocenters. The van der Waals surface area contributed by atoms with Crippen molar-refractivity contribution in [1.82, 2.24) is 29.2 Å². The van der Waals surface area contributed by atoms with Gasteiger partial charge in [0.15, 0.2) is 0 Å². The van der Waals surface area contributed by atoms with Gasteiger partial charge >= 0.3 is 0 Å². The van der Waals surface area contributed by atoms with Crippen molar-refractivity contribution in [2.45, 2.75) is 38.8 Å². The second kappa shape index (κ2) is 11.8. The summed E-state index contributed by atoms with van der Waals surface area (Å²) < 4.78 is 45.6. The largest absolute Gasteiger partial charge is 0.490 e. The molecule has 0 radical (unpaired) electrons. The van der Waals surface area contributed by atoms with Crippen LogP contribution in [0.3, 0.4) is 0 Å². The SMILES string of the molecule is C=CC(=O)N1CCn2nc(-c3nc(-c4ccc5c(c4)ncn5C)c4c(c3-c3c(F)cc(F)cc3OCCOC)CCC4)cc2C1C. The standard InChI is InChI=1S/C35H34F2N6O3/c1-5-31(44)42-11-12-43-29(20(42)2)18-27(40-43)35-32(33-25(37)16-22(36)17-30(33)46-14-13-45-4)23-7-6-8-24(23)34(39-35)21-9-10-28-26(15-21)38-19-41(28)3/h5,9-10,15-20H,1,6-8,11-14H2,2-4H3. The van der Waals surface area contributed by atoms with E-state index < -0.39 is 11.6 Å². The Kier molecular flexibility index (Phi) is 7.64. The van der Waals surface area contributed by atoms with Crippen molar-refractivity contribution in [2.24, 2.45) is 7.05 Å². The molecule has 2 aromatic carbocycles. The number of rotatable bonds is 8. The van der Waals surface area contributed by atoms with Gasteiger partial charge in [-0.1, -0.05) is 12.6 Å². The van der Waals surface area contributed by atoms with E-state index in [-0.39, 0.29) is 36.5 Å². The van der Waals surface area contributed by atoms with Crippen LogP contribution in [-0.4, -0.2) is 62.0 Å². The fraction of sp³-hybridized carbons (Fsp3) is 0.314. The molecule has 1 amide bonds. The molecule has 1 atom stereocenters. The first kappa shape index (κ1) is 29.8. The van der Waals surface area contributed by atoms with Crippen LogP contribution in [0.25, 0.3) is 44.8 Å². The zero-order valence-electron chi connectivity index (χ0n) is 26.0. The number of hydrogen-bond donors (Lipinski definition) is 0. The Bertz CT molecular complexity index is 2020. The van der Waals surface area contributed by atoms with Crippen LogP contribution in [-0.2, 0) is 36.0 Å². The Morgan fingerprint density at radius 1 is 1.07 bits per heavy atom. The predicted octanol–water partition coefficient (Wildman–Crippen LogP) is 6.05. The van der Waals surface area contributed by atoms with Gasteiger partial charge in [-0.25, -0.2) is 18.7 Å². The molecule has 0 spiro atoms. The molecule has 11 heteroatoms. The molecule has 1 aliphatic carbocycles. The summed E-state index contributed by atoms with van der Waals surface area (Å²) in [4.78, 5) is 24.2. The van der Waals surface area contributed by atoms with Gasteiger partial charge in [0.25, 0.3) is 0 Å². The number of halogens is 2. The summed E-state index contributed by atoms with van der Waals surface area (Å²) in [6, 6.07) is 9.82. The minimum Gasteiger partial charge on any atom is -0.490 e. The fourth-order valence-electron chi connectivity index (χ4n) is 6.81. The molecule has 3 aromatic heterocycles. The third-order valence-corrected chi connectivity index (χ3v) is 9.04. The third kappa shape index (κ3) is 4.95. The zero-order valence-corrected chi connectivity index (χ0v) is 26.0. The molecule has 4 heterocycles. The normalized spacial score (nSPS) is 15.7. The maximum absolute atomic E-state index is 16.1. The summed E-state index contributed by atoms with van der Waals surface area (Å²) in [5.41, 5.74) is 7.99. The van der Waals surface area contributed by atoms with Crippen LogP contribution in [0, 0.1) is 11.6 Å². The van der Waals surface area contributed by atoms with Crippen molar-refractivity contribution in [3.8, 4) is 39.5 Å². The Hall–Kier alpha value is -4.90. The second-order valence-electron chi connectivity index (χ2n) is 11.7. The van der Waals surface area contributed by atoms with Crippen molar-refractivity contribution in [3.05, 3.63) is 83.8 Å². The first-order chi connectivity index (χ1) is 22.3. The minimum absolute atomic E-state index is 0.0782. The Labute approximate surface area is 265 Å². The lowest BCUT2D eigenvalue weighted by molar-refractivity contribution is -0.129. The number of amides is 1. The number of carbonyl (C=O) groups excluding carboxylic acids is 1. The Balaban J connectivity index is 1.48. The number of ether oxygens (including phenoxy) is 2. The highest BCUT2D eigenvalue weighted by molar-refractivity contribution is 5.91. The number of aryl methyl sites for hydroxylation is 1. The number of methoxy groups -OCH3 is 1. The lowest BCUT2D eigenvalue weighted by atomic mass is 9.90. The molecule has 2 aliphatic rings. The zero-order chi connectivity index (χ0) is 32.1. The highest BCUT2D eigenvalue weighted by Crippen LogP contribution is 2.47. The van der Waals surface area contributed by atoms with Crippen LogP contribution < -0.4 is 4.74 Å². The summed E-state index contributed by atoms with van der Waals surface area (Å²) in [6.45, 7) is 6.93.